The van der Waals surface area contributed by atoms with E-state index in [1.165, 1.54) is 0 Å². The van der Waals surface area contributed by atoms with E-state index in [4.69, 9.17) is 19.7 Å². The van der Waals surface area contributed by atoms with Gasteiger partial charge < -0.3 is 19.7 Å². The van der Waals surface area contributed by atoms with E-state index in [0.29, 0.717) is 6.61 Å². The molecule has 0 aromatic heterocycles. The monoisotopic (exact) mass is 358 g/mol. The van der Waals surface area contributed by atoms with Gasteiger partial charge in [0, 0.05) is 19.1 Å². The Hall–Kier alpha value is -2.04. The molecule has 0 aliphatic heterocycles. The summed E-state index contributed by atoms with van der Waals surface area (Å²) in [5.74, 6) is 1.79. The Morgan fingerprint density at radius 3 is 1.81 bits per heavy atom. The lowest BCUT2D eigenvalue weighted by Crippen LogP contribution is -2.10. The fourth-order valence-corrected chi connectivity index (χ4v) is 2.85. The smallest absolute Gasteiger partial charge is 0.119 e. The van der Waals surface area contributed by atoms with Crippen molar-refractivity contribution in [3.8, 4) is 22.6 Å². The standard InChI is InChI=1S/C22H30O4/c1-25-21-11-7-19(8-12-21)20-9-13-22(14-10-20)26-15-5-3-2-4-6-18(16-23)17-24/h7-14,18,23-24H,2-6,15-17H2,1H3. The van der Waals surface area contributed by atoms with Crippen LogP contribution in [0, 0.1) is 5.92 Å². The summed E-state index contributed by atoms with van der Waals surface area (Å²) in [5, 5.41) is 18.0. The van der Waals surface area contributed by atoms with E-state index >= 15 is 0 Å². The second-order valence-corrected chi connectivity index (χ2v) is 6.54. The van der Waals surface area contributed by atoms with Gasteiger partial charge in [-0.25, -0.2) is 0 Å². The third kappa shape index (κ3) is 6.70. The number of unbranched alkanes of at least 4 members (excludes halogenated alkanes) is 3. The largest absolute Gasteiger partial charge is 0.497 e. The first-order valence-electron chi connectivity index (χ1n) is 9.36. The number of hydrogen-bond donors (Lipinski definition) is 2. The Bertz CT molecular complexity index is 603. The van der Waals surface area contributed by atoms with Gasteiger partial charge >= 0.3 is 0 Å². The molecule has 0 heterocycles. The number of benzene rings is 2. The second-order valence-electron chi connectivity index (χ2n) is 6.54. The number of methoxy groups -OCH3 is 1. The summed E-state index contributed by atoms with van der Waals surface area (Å²) >= 11 is 0. The van der Waals surface area contributed by atoms with E-state index in [-0.39, 0.29) is 19.1 Å². The van der Waals surface area contributed by atoms with Gasteiger partial charge in [0.15, 0.2) is 0 Å². The lowest BCUT2D eigenvalue weighted by atomic mass is 10.0. The third-order valence-corrected chi connectivity index (χ3v) is 4.57. The highest BCUT2D eigenvalue weighted by molar-refractivity contribution is 5.64. The zero-order valence-corrected chi connectivity index (χ0v) is 15.6. The van der Waals surface area contributed by atoms with Crippen LogP contribution in [-0.4, -0.2) is 37.1 Å². The maximum absolute atomic E-state index is 9.02. The molecule has 0 radical (unpaired) electrons. The van der Waals surface area contributed by atoms with E-state index in [9.17, 15) is 0 Å². The quantitative estimate of drug-likeness (QED) is 0.556. The zero-order valence-electron chi connectivity index (χ0n) is 15.6. The summed E-state index contributed by atoms with van der Waals surface area (Å²) in [6, 6.07) is 16.2. The second kappa shape index (κ2) is 11.6. The first kappa shape index (κ1) is 20.3. The van der Waals surface area contributed by atoms with E-state index in [1.807, 2.05) is 36.4 Å². The van der Waals surface area contributed by atoms with Crippen LogP contribution in [0.15, 0.2) is 48.5 Å². The zero-order chi connectivity index (χ0) is 18.6. The molecule has 0 saturated heterocycles. The van der Waals surface area contributed by atoms with Gasteiger partial charge in [0.05, 0.1) is 13.7 Å². The maximum atomic E-state index is 9.02. The fraction of sp³-hybridized carbons (Fsp3) is 0.455. The van der Waals surface area contributed by atoms with Crippen molar-refractivity contribution in [2.75, 3.05) is 26.9 Å². The Morgan fingerprint density at radius 1 is 0.731 bits per heavy atom. The molecule has 0 spiro atoms. The Kier molecular flexibility index (Phi) is 9.01. The fourth-order valence-electron chi connectivity index (χ4n) is 2.85. The highest BCUT2D eigenvalue weighted by Crippen LogP contribution is 2.24. The Labute approximate surface area is 156 Å². The van der Waals surface area contributed by atoms with Gasteiger partial charge in [-0.2, -0.15) is 0 Å². The minimum atomic E-state index is 0.0375. The molecule has 2 aromatic carbocycles. The van der Waals surface area contributed by atoms with Crippen LogP contribution < -0.4 is 9.47 Å². The molecule has 26 heavy (non-hydrogen) atoms. The molecule has 142 valence electrons. The maximum Gasteiger partial charge on any atom is 0.119 e. The lowest BCUT2D eigenvalue weighted by Gasteiger charge is -2.10. The number of ether oxygens (including phenoxy) is 2. The predicted octanol–water partition coefficient (Wildman–Crippen LogP) is 4.29. The van der Waals surface area contributed by atoms with E-state index in [2.05, 4.69) is 12.1 Å². The van der Waals surface area contributed by atoms with E-state index in [1.54, 1.807) is 7.11 Å². The average Bonchev–Trinajstić information content (AvgIpc) is 2.71. The molecule has 4 heteroatoms. The summed E-state index contributed by atoms with van der Waals surface area (Å²) in [4.78, 5) is 0. The normalized spacial score (nSPS) is 10.9. The predicted molar refractivity (Wildman–Crippen MR) is 105 cm³/mol. The minimum Gasteiger partial charge on any atom is -0.497 e. The highest BCUT2D eigenvalue weighted by atomic mass is 16.5. The molecule has 0 bridgehead atoms. The van der Waals surface area contributed by atoms with Crippen molar-refractivity contribution in [2.45, 2.75) is 32.1 Å². The van der Waals surface area contributed by atoms with Crippen LogP contribution in [0.5, 0.6) is 11.5 Å². The van der Waals surface area contributed by atoms with Crippen LogP contribution in [0.25, 0.3) is 11.1 Å². The Morgan fingerprint density at radius 2 is 1.27 bits per heavy atom. The summed E-state index contributed by atoms with van der Waals surface area (Å²) in [6.07, 6.45) is 5.16. The van der Waals surface area contributed by atoms with Gasteiger partial charge in [-0.3, -0.25) is 0 Å². The van der Waals surface area contributed by atoms with Gasteiger partial charge in [-0.15, -0.1) is 0 Å². The van der Waals surface area contributed by atoms with Crippen LogP contribution >= 0.6 is 0 Å². The van der Waals surface area contributed by atoms with Crippen molar-refractivity contribution in [1.82, 2.24) is 0 Å². The molecule has 2 N–H and O–H groups in total. The van der Waals surface area contributed by atoms with Crippen molar-refractivity contribution in [2.24, 2.45) is 5.92 Å². The first-order chi connectivity index (χ1) is 12.8. The average molecular weight is 358 g/mol. The van der Waals surface area contributed by atoms with Gasteiger partial charge in [0.1, 0.15) is 11.5 Å². The summed E-state index contributed by atoms with van der Waals surface area (Å²) in [5.41, 5.74) is 2.31. The molecule has 0 aliphatic rings. The van der Waals surface area contributed by atoms with Crippen molar-refractivity contribution < 1.29 is 19.7 Å². The number of hydrogen-bond acceptors (Lipinski definition) is 4. The number of rotatable bonds is 12. The molecular weight excluding hydrogens is 328 g/mol. The molecule has 0 saturated carbocycles. The van der Waals surface area contributed by atoms with E-state index in [0.717, 1.165) is 54.7 Å². The molecule has 0 amide bonds. The van der Waals surface area contributed by atoms with Gasteiger partial charge in [-0.1, -0.05) is 43.5 Å². The molecule has 4 nitrogen and oxygen atoms in total. The molecule has 2 rings (SSSR count). The topological polar surface area (TPSA) is 58.9 Å². The number of aliphatic hydroxyl groups excluding tert-OH is 2. The number of aliphatic hydroxyl groups is 2. The molecule has 0 atom stereocenters. The van der Waals surface area contributed by atoms with Crippen LogP contribution in [0.3, 0.4) is 0 Å². The van der Waals surface area contributed by atoms with Gasteiger partial charge in [-0.05, 0) is 48.2 Å². The van der Waals surface area contributed by atoms with Gasteiger partial charge in [0.2, 0.25) is 0 Å². The molecule has 0 aliphatic carbocycles. The Balaban J connectivity index is 1.66. The minimum absolute atomic E-state index is 0.0375. The summed E-state index contributed by atoms with van der Waals surface area (Å²) < 4.78 is 11.0. The van der Waals surface area contributed by atoms with Crippen LogP contribution in [0.4, 0.5) is 0 Å². The summed E-state index contributed by atoms with van der Waals surface area (Å²) in [7, 11) is 1.67. The first-order valence-corrected chi connectivity index (χ1v) is 9.36. The van der Waals surface area contributed by atoms with Crippen LogP contribution in [0.2, 0.25) is 0 Å². The van der Waals surface area contributed by atoms with Crippen molar-refractivity contribution >= 4 is 0 Å². The summed E-state index contributed by atoms with van der Waals surface area (Å²) in [6.45, 7) is 0.865. The molecular formula is C22H30O4. The molecule has 0 unspecified atom stereocenters. The highest BCUT2D eigenvalue weighted by Gasteiger charge is 2.04. The van der Waals surface area contributed by atoms with Crippen LogP contribution in [0.1, 0.15) is 32.1 Å². The van der Waals surface area contributed by atoms with Crippen molar-refractivity contribution in [1.29, 1.82) is 0 Å². The lowest BCUT2D eigenvalue weighted by molar-refractivity contribution is 0.141. The van der Waals surface area contributed by atoms with Gasteiger partial charge in [0.25, 0.3) is 0 Å². The SMILES string of the molecule is COc1ccc(-c2ccc(OCCCCCCC(CO)CO)cc2)cc1. The van der Waals surface area contributed by atoms with Crippen LogP contribution in [-0.2, 0) is 0 Å². The molecule has 0 fully saturated rings. The third-order valence-electron chi connectivity index (χ3n) is 4.57. The van der Waals surface area contributed by atoms with Crippen molar-refractivity contribution in [3.05, 3.63) is 48.5 Å². The molecule has 2 aromatic rings. The van der Waals surface area contributed by atoms with Crippen molar-refractivity contribution in [3.63, 3.8) is 0 Å². The van der Waals surface area contributed by atoms with E-state index < -0.39 is 0 Å².